The molecule has 12 heteroatoms. The van der Waals surface area contributed by atoms with Crippen molar-refractivity contribution >= 4 is 5.91 Å². The summed E-state index contributed by atoms with van der Waals surface area (Å²) < 4.78 is 95.8. The molecule has 0 spiro atoms. The Balaban J connectivity index is 1.82. The molecule has 0 aliphatic heterocycles. The van der Waals surface area contributed by atoms with Gasteiger partial charge in [0.05, 0.1) is 36.7 Å². The van der Waals surface area contributed by atoms with E-state index in [1.807, 2.05) is 0 Å². The van der Waals surface area contributed by atoms with Gasteiger partial charge in [-0.1, -0.05) is 12.1 Å². The Hall–Kier alpha value is -5.26. The number of benzene rings is 4. The molecule has 0 aliphatic carbocycles. The molecule has 1 N–H and O–H groups in total. The molecule has 5 rings (SSSR count). The van der Waals surface area contributed by atoms with Crippen molar-refractivity contribution in [1.82, 2.24) is 14.9 Å². The van der Waals surface area contributed by atoms with Crippen LogP contribution in [0.2, 0.25) is 0 Å². The van der Waals surface area contributed by atoms with Crippen molar-refractivity contribution in [2.45, 2.75) is 18.9 Å². The van der Waals surface area contributed by atoms with Crippen LogP contribution in [0.4, 0.5) is 26.3 Å². The zero-order valence-corrected chi connectivity index (χ0v) is 24.8. The highest BCUT2D eigenvalue weighted by molar-refractivity contribution is 5.94. The highest BCUT2D eigenvalue weighted by Crippen LogP contribution is 2.42. The zero-order valence-electron chi connectivity index (χ0n) is 24.8. The maximum Gasteiger partial charge on any atom is 0.416 e. The van der Waals surface area contributed by atoms with Crippen molar-refractivity contribution in [3.63, 3.8) is 0 Å². The number of carbonyl (C=O) groups excluding carboxylic acids is 1. The third-order valence-electron chi connectivity index (χ3n) is 7.32. The fourth-order valence-electron chi connectivity index (χ4n) is 4.99. The van der Waals surface area contributed by atoms with Gasteiger partial charge in [-0.25, -0.2) is 4.98 Å². The Bertz CT molecular complexity index is 1810. The molecule has 0 bridgehead atoms. The number of ether oxygens (including phenoxy) is 2. The molecule has 1 aromatic heterocycles. The molecule has 0 saturated heterocycles. The van der Waals surface area contributed by atoms with Crippen LogP contribution in [0.5, 0.6) is 11.5 Å². The number of alkyl halides is 6. The summed E-state index contributed by atoms with van der Waals surface area (Å²) in [6, 6.07) is 21.5. The number of hydrogen-bond acceptors (Lipinski definition) is 4. The number of nitrogens with one attached hydrogen (secondary N) is 1. The van der Waals surface area contributed by atoms with Gasteiger partial charge in [-0.05, 0) is 84.4 Å². The van der Waals surface area contributed by atoms with Crippen LogP contribution in [0.1, 0.15) is 27.0 Å². The van der Waals surface area contributed by atoms with Crippen LogP contribution in [0.25, 0.3) is 33.9 Å². The summed E-state index contributed by atoms with van der Waals surface area (Å²) in [4.78, 5) is 16.8. The number of halogens is 6. The van der Waals surface area contributed by atoms with Gasteiger partial charge in [-0.2, -0.15) is 26.3 Å². The maximum absolute atomic E-state index is 13.9. The Labute approximate surface area is 260 Å². The van der Waals surface area contributed by atoms with Crippen molar-refractivity contribution in [3.8, 4) is 45.4 Å². The predicted molar refractivity (Wildman–Crippen MR) is 161 cm³/mol. The third-order valence-corrected chi connectivity index (χ3v) is 7.32. The van der Waals surface area contributed by atoms with E-state index in [-0.39, 0.29) is 29.9 Å². The van der Waals surface area contributed by atoms with Crippen LogP contribution in [0, 0.1) is 0 Å². The van der Waals surface area contributed by atoms with Gasteiger partial charge >= 0.3 is 12.4 Å². The second kappa shape index (κ2) is 12.6. The van der Waals surface area contributed by atoms with Crippen molar-refractivity contribution in [2.75, 3.05) is 21.3 Å². The smallest absolute Gasteiger partial charge is 0.416 e. The molecular formula is C34H27F6N3O3. The first-order valence-electron chi connectivity index (χ1n) is 13.8. The third kappa shape index (κ3) is 6.70. The second-order valence-corrected chi connectivity index (χ2v) is 10.2. The standard InChI is InChI=1S/C34H27F6N3O3/c1-41-32(44)23-6-4-20(5-7-23)19-43-30(22-10-14-28(46-3)15-11-22)29(21-8-12-27(45-2)13-9-21)42-31(43)24-16-25(33(35,36)37)18-26(17-24)34(38,39)40/h4-18H,19H2,1-3H3,(H,41,44). The monoisotopic (exact) mass is 639 g/mol. The highest BCUT2D eigenvalue weighted by Gasteiger charge is 2.38. The maximum atomic E-state index is 13.9. The molecule has 0 atom stereocenters. The topological polar surface area (TPSA) is 65.4 Å². The molecular weight excluding hydrogens is 612 g/mol. The Kier molecular flexibility index (Phi) is 8.82. The minimum Gasteiger partial charge on any atom is -0.497 e. The molecule has 4 aromatic carbocycles. The van der Waals surface area contributed by atoms with E-state index in [0.717, 1.165) is 0 Å². The summed E-state index contributed by atoms with van der Waals surface area (Å²) in [5, 5.41) is 2.53. The SMILES string of the molecule is CNC(=O)c1ccc(Cn2c(-c3cc(C(F)(F)F)cc(C(F)(F)F)c3)nc(-c3ccc(OC)cc3)c2-c2ccc(OC)cc2)cc1. The first-order chi connectivity index (χ1) is 21.8. The average Bonchev–Trinajstić information content (AvgIpc) is 3.42. The molecule has 1 amide bonds. The molecule has 6 nitrogen and oxygen atoms in total. The van der Waals surface area contributed by atoms with Crippen molar-refractivity contribution in [3.05, 3.63) is 113 Å². The lowest BCUT2D eigenvalue weighted by Crippen LogP contribution is -2.17. The summed E-state index contributed by atoms with van der Waals surface area (Å²) in [6.07, 6.45) is -10.1. The van der Waals surface area contributed by atoms with Gasteiger partial charge in [0.2, 0.25) is 0 Å². The van der Waals surface area contributed by atoms with Gasteiger partial charge in [0.15, 0.2) is 0 Å². The van der Waals surface area contributed by atoms with Gasteiger partial charge in [0.25, 0.3) is 5.91 Å². The van der Waals surface area contributed by atoms with E-state index in [2.05, 4.69) is 5.32 Å². The quantitative estimate of drug-likeness (QED) is 0.173. The van der Waals surface area contributed by atoms with Gasteiger partial charge in [0.1, 0.15) is 17.3 Å². The zero-order chi connectivity index (χ0) is 33.2. The number of nitrogens with zero attached hydrogens (tertiary/aromatic N) is 2. The molecule has 1 heterocycles. The first kappa shape index (κ1) is 32.1. The van der Waals surface area contributed by atoms with Gasteiger partial charge in [0, 0.05) is 35.8 Å². The second-order valence-electron chi connectivity index (χ2n) is 10.2. The molecule has 238 valence electrons. The number of methoxy groups -OCH3 is 2. The molecule has 0 unspecified atom stereocenters. The van der Waals surface area contributed by atoms with Crippen molar-refractivity contribution < 1.29 is 40.6 Å². The fourth-order valence-corrected chi connectivity index (χ4v) is 4.99. The van der Waals surface area contributed by atoms with Crippen molar-refractivity contribution in [1.29, 1.82) is 0 Å². The summed E-state index contributed by atoms with van der Waals surface area (Å²) in [6.45, 7) is -0.00846. The highest BCUT2D eigenvalue weighted by atomic mass is 19.4. The molecule has 0 radical (unpaired) electrons. The Morgan fingerprint density at radius 1 is 0.717 bits per heavy atom. The van der Waals surface area contributed by atoms with Crippen LogP contribution >= 0.6 is 0 Å². The molecule has 0 fully saturated rings. The van der Waals surface area contributed by atoms with E-state index in [1.165, 1.54) is 21.3 Å². The van der Waals surface area contributed by atoms with E-state index in [4.69, 9.17) is 14.5 Å². The summed E-state index contributed by atoms with van der Waals surface area (Å²) in [5.41, 5.74) is -0.430. The molecule has 0 saturated carbocycles. The van der Waals surface area contributed by atoms with E-state index >= 15 is 0 Å². The number of hydrogen-bond donors (Lipinski definition) is 1. The Morgan fingerprint density at radius 2 is 1.22 bits per heavy atom. The molecule has 0 aliphatic rings. The number of imidazole rings is 1. The largest absolute Gasteiger partial charge is 0.497 e. The summed E-state index contributed by atoms with van der Waals surface area (Å²) >= 11 is 0. The van der Waals surface area contributed by atoms with Crippen LogP contribution in [-0.4, -0.2) is 36.7 Å². The van der Waals surface area contributed by atoms with Crippen LogP contribution < -0.4 is 14.8 Å². The predicted octanol–water partition coefficient (Wildman–Crippen LogP) is 8.35. The van der Waals surface area contributed by atoms with Crippen molar-refractivity contribution in [2.24, 2.45) is 0 Å². The molecule has 5 aromatic rings. The van der Waals surface area contributed by atoms with Gasteiger partial charge < -0.3 is 19.4 Å². The molecule has 46 heavy (non-hydrogen) atoms. The lowest BCUT2D eigenvalue weighted by molar-refractivity contribution is -0.143. The van der Waals surface area contributed by atoms with E-state index < -0.39 is 23.5 Å². The number of carbonyl (C=O) groups is 1. The van der Waals surface area contributed by atoms with E-state index in [1.54, 1.807) is 77.4 Å². The first-order valence-corrected chi connectivity index (χ1v) is 13.8. The van der Waals surface area contributed by atoms with Gasteiger partial charge in [-0.15, -0.1) is 0 Å². The number of aromatic nitrogens is 2. The lowest BCUT2D eigenvalue weighted by Gasteiger charge is -2.17. The van der Waals surface area contributed by atoms with E-state index in [9.17, 15) is 31.1 Å². The van der Waals surface area contributed by atoms with Crippen LogP contribution in [0.15, 0.2) is 91.0 Å². The fraction of sp³-hybridized carbons (Fsp3) is 0.176. The Morgan fingerprint density at radius 3 is 1.67 bits per heavy atom. The minimum absolute atomic E-state index is 0.00846. The van der Waals surface area contributed by atoms with E-state index in [0.29, 0.717) is 57.3 Å². The van der Waals surface area contributed by atoms with Crippen LogP contribution in [-0.2, 0) is 18.9 Å². The number of amides is 1. The normalized spacial score (nSPS) is 11.8. The number of rotatable bonds is 8. The summed E-state index contributed by atoms with van der Waals surface area (Å²) in [7, 11) is 4.47. The minimum atomic E-state index is -5.05. The average molecular weight is 640 g/mol. The van der Waals surface area contributed by atoms with Gasteiger partial charge in [-0.3, -0.25) is 4.79 Å². The lowest BCUT2D eigenvalue weighted by atomic mass is 10.0. The summed E-state index contributed by atoms with van der Waals surface area (Å²) in [5.74, 6) is 0.639. The van der Waals surface area contributed by atoms with Crippen LogP contribution in [0.3, 0.4) is 0 Å².